The molecule has 0 unspecified atom stereocenters. The molecule has 0 heterocycles. The molecule has 0 spiro atoms. The van der Waals surface area contributed by atoms with E-state index in [9.17, 15) is 18.4 Å². The van der Waals surface area contributed by atoms with Gasteiger partial charge in [-0.3, -0.25) is 4.79 Å². The van der Waals surface area contributed by atoms with Crippen LogP contribution >= 0.6 is 0 Å². The maximum absolute atomic E-state index is 13.9. The summed E-state index contributed by atoms with van der Waals surface area (Å²) >= 11 is 0. The van der Waals surface area contributed by atoms with Gasteiger partial charge in [0.05, 0.1) is 0 Å². The summed E-state index contributed by atoms with van der Waals surface area (Å²) in [7, 11) is 0. The Hall–Kier alpha value is -2.44. The van der Waals surface area contributed by atoms with Crippen molar-refractivity contribution in [3.8, 4) is 0 Å². The number of nitrogens with one attached hydrogen (secondary N) is 2. The Bertz CT molecular complexity index is 610. The molecule has 0 radical (unpaired) electrons. The molecule has 5 nitrogen and oxygen atoms in total. The topological polar surface area (TPSA) is 67.4 Å². The molecule has 1 aromatic carbocycles. The summed E-state index contributed by atoms with van der Waals surface area (Å²) in [5.41, 5.74) is -1.28. The number of halogens is 2. The number of carbonyl (C=O) groups excluding carboxylic acids is 2. The summed E-state index contributed by atoms with van der Waals surface area (Å²) in [4.78, 5) is 23.2. The summed E-state index contributed by atoms with van der Waals surface area (Å²) in [6, 6.07) is 2.19. The van der Waals surface area contributed by atoms with E-state index in [0.717, 1.165) is 6.07 Å². The van der Waals surface area contributed by atoms with Gasteiger partial charge in [-0.15, -0.1) is 0 Å². The normalized spacial score (nSPS) is 10.8. The number of benzene rings is 1. The first-order valence-corrected chi connectivity index (χ1v) is 7.01. The van der Waals surface area contributed by atoms with Gasteiger partial charge in [-0.2, -0.15) is 0 Å². The van der Waals surface area contributed by atoms with Gasteiger partial charge in [-0.25, -0.2) is 13.6 Å². The SMILES string of the molecule is C=Cc1ccc(F)c(C(=O)NCCNC(=O)OC(C)(C)C)c1F. The van der Waals surface area contributed by atoms with Gasteiger partial charge in [0, 0.05) is 18.7 Å². The van der Waals surface area contributed by atoms with Crippen LogP contribution in [0.2, 0.25) is 0 Å². The van der Waals surface area contributed by atoms with E-state index in [0.29, 0.717) is 0 Å². The summed E-state index contributed by atoms with van der Waals surface area (Å²) in [5, 5.41) is 4.74. The molecule has 0 aliphatic rings. The van der Waals surface area contributed by atoms with Crippen molar-refractivity contribution in [1.82, 2.24) is 10.6 Å². The number of alkyl carbamates (subject to hydrolysis) is 1. The van der Waals surface area contributed by atoms with Crippen LogP contribution in [0.25, 0.3) is 6.08 Å². The summed E-state index contributed by atoms with van der Waals surface area (Å²) in [6.07, 6.45) is 0.549. The third-order valence-electron chi connectivity index (χ3n) is 2.65. The van der Waals surface area contributed by atoms with Crippen molar-refractivity contribution in [2.75, 3.05) is 13.1 Å². The second-order valence-corrected chi connectivity index (χ2v) is 5.71. The first-order valence-electron chi connectivity index (χ1n) is 7.01. The van der Waals surface area contributed by atoms with Crippen molar-refractivity contribution in [1.29, 1.82) is 0 Å². The fourth-order valence-electron chi connectivity index (χ4n) is 1.68. The standard InChI is InChI=1S/C16H20F2N2O3/c1-5-10-6-7-11(17)12(13(10)18)14(21)19-8-9-20-15(22)23-16(2,3)4/h5-7H,1,8-9H2,2-4H3,(H,19,21)(H,20,22). The van der Waals surface area contributed by atoms with E-state index in [-0.39, 0.29) is 18.7 Å². The number of amides is 2. The van der Waals surface area contributed by atoms with Gasteiger partial charge in [0.1, 0.15) is 22.8 Å². The Balaban J connectivity index is 2.56. The molecule has 0 bridgehead atoms. The van der Waals surface area contributed by atoms with Crippen molar-refractivity contribution in [2.24, 2.45) is 0 Å². The van der Waals surface area contributed by atoms with Crippen LogP contribution in [0.4, 0.5) is 13.6 Å². The Morgan fingerprint density at radius 1 is 1.22 bits per heavy atom. The molecule has 1 rings (SSSR count). The summed E-state index contributed by atoms with van der Waals surface area (Å²) < 4.78 is 32.6. The largest absolute Gasteiger partial charge is 0.444 e. The van der Waals surface area contributed by atoms with Gasteiger partial charge < -0.3 is 15.4 Å². The van der Waals surface area contributed by atoms with E-state index in [4.69, 9.17) is 4.74 Å². The number of ether oxygens (including phenoxy) is 1. The minimum absolute atomic E-state index is 0.00469. The van der Waals surface area contributed by atoms with Crippen LogP contribution in [0.5, 0.6) is 0 Å². The van der Waals surface area contributed by atoms with Gasteiger partial charge in [-0.1, -0.05) is 12.7 Å². The van der Waals surface area contributed by atoms with E-state index >= 15 is 0 Å². The minimum Gasteiger partial charge on any atom is -0.444 e. The maximum atomic E-state index is 13.9. The lowest BCUT2D eigenvalue weighted by molar-refractivity contribution is 0.0526. The zero-order chi connectivity index (χ0) is 17.6. The molecule has 0 saturated carbocycles. The summed E-state index contributed by atoms with van der Waals surface area (Å²) in [5.74, 6) is -2.85. The lowest BCUT2D eigenvalue weighted by Gasteiger charge is -2.19. The quantitative estimate of drug-likeness (QED) is 0.818. The van der Waals surface area contributed by atoms with Crippen LogP contribution in [0.1, 0.15) is 36.7 Å². The average molecular weight is 326 g/mol. The molecular formula is C16H20F2N2O3. The lowest BCUT2D eigenvalue weighted by Crippen LogP contribution is -2.38. The predicted molar refractivity (Wildman–Crippen MR) is 83.0 cm³/mol. The van der Waals surface area contributed by atoms with Crippen LogP contribution < -0.4 is 10.6 Å². The molecule has 23 heavy (non-hydrogen) atoms. The molecule has 2 amide bonds. The number of hydrogen-bond acceptors (Lipinski definition) is 3. The van der Waals surface area contributed by atoms with Crippen LogP contribution in [-0.4, -0.2) is 30.7 Å². The monoisotopic (exact) mass is 326 g/mol. The van der Waals surface area contributed by atoms with Crippen molar-refractivity contribution in [2.45, 2.75) is 26.4 Å². The molecular weight excluding hydrogens is 306 g/mol. The molecule has 126 valence electrons. The molecule has 2 N–H and O–H groups in total. The molecule has 0 atom stereocenters. The summed E-state index contributed by atoms with van der Waals surface area (Å²) in [6.45, 7) is 8.59. The lowest BCUT2D eigenvalue weighted by atomic mass is 10.1. The Labute approximate surface area is 133 Å². The zero-order valence-electron chi connectivity index (χ0n) is 13.3. The van der Waals surface area contributed by atoms with Gasteiger partial charge >= 0.3 is 6.09 Å². The third kappa shape index (κ3) is 5.69. The molecule has 0 aliphatic heterocycles. The van der Waals surface area contributed by atoms with E-state index in [1.807, 2.05) is 0 Å². The van der Waals surface area contributed by atoms with E-state index in [2.05, 4.69) is 17.2 Å². The van der Waals surface area contributed by atoms with E-state index in [1.165, 1.54) is 12.1 Å². The van der Waals surface area contributed by atoms with E-state index < -0.39 is 34.8 Å². The minimum atomic E-state index is -0.974. The zero-order valence-corrected chi connectivity index (χ0v) is 13.3. The highest BCUT2D eigenvalue weighted by Gasteiger charge is 2.19. The number of rotatable bonds is 5. The molecule has 0 aromatic heterocycles. The molecule has 0 fully saturated rings. The second-order valence-electron chi connectivity index (χ2n) is 5.71. The first-order chi connectivity index (χ1) is 10.7. The highest BCUT2D eigenvalue weighted by molar-refractivity contribution is 5.95. The maximum Gasteiger partial charge on any atom is 0.407 e. The highest BCUT2D eigenvalue weighted by Crippen LogP contribution is 2.17. The van der Waals surface area contributed by atoms with Gasteiger partial charge in [-0.05, 0) is 32.9 Å². The van der Waals surface area contributed by atoms with Crippen LogP contribution in [0, 0.1) is 11.6 Å². The fourth-order valence-corrected chi connectivity index (χ4v) is 1.68. The van der Waals surface area contributed by atoms with Crippen molar-refractivity contribution < 1.29 is 23.1 Å². The van der Waals surface area contributed by atoms with Gasteiger partial charge in [0.15, 0.2) is 0 Å². The second kappa shape index (κ2) is 7.71. The van der Waals surface area contributed by atoms with Crippen LogP contribution in [0.3, 0.4) is 0 Å². The average Bonchev–Trinajstić information content (AvgIpc) is 2.42. The Kier molecular flexibility index (Phi) is 6.24. The predicted octanol–water partition coefficient (Wildman–Crippen LogP) is 2.86. The number of carbonyl (C=O) groups is 2. The van der Waals surface area contributed by atoms with E-state index in [1.54, 1.807) is 20.8 Å². The van der Waals surface area contributed by atoms with Crippen LogP contribution in [0.15, 0.2) is 18.7 Å². The molecule has 0 saturated heterocycles. The fraction of sp³-hybridized carbons (Fsp3) is 0.375. The van der Waals surface area contributed by atoms with Crippen molar-refractivity contribution in [3.63, 3.8) is 0 Å². The van der Waals surface area contributed by atoms with Crippen LogP contribution in [-0.2, 0) is 4.74 Å². The van der Waals surface area contributed by atoms with Gasteiger partial charge in [0.25, 0.3) is 5.91 Å². The first kappa shape index (κ1) is 18.6. The van der Waals surface area contributed by atoms with Crippen molar-refractivity contribution in [3.05, 3.63) is 41.5 Å². The highest BCUT2D eigenvalue weighted by atomic mass is 19.1. The van der Waals surface area contributed by atoms with Crippen molar-refractivity contribution >= 4 is 18.1 Å². The van der Waals surface area contributed by atoms with Gasteiger partial charge in [0.2, 0.25) is 0 Å². The smallest absolute Gasteiger partial charge is 0.407 e. The molecule has 1 aromatic rings. The third-order valence-corrected chi connectivity index (χ3v) is 2.65. The Morgan fingerprint density at radius 3 is 2.39 bits per heavy atom. The Morgan fingerprint density at radius 2 is 1.83 bits per heavy atom. The molecule has 0 aliphatic carbocycles. The number of hydrogen-bond donors (Lipinski definition) is 2. The molecule has 7 heteroatoms.